The van der Waals surface area contributed by atoms with E-state index in [2.05, 4.69) is 4.74 Å². The maximum Gasteiger partial charge on any atom is 0.422 e. The molecule has 3 aromatic rings. The van der Waals surface area contributed by atoms with Gasteiger partial charge in [0.1, 0.15) is 22.6 Å². The van der Waals surface area contributed by atoms with Crippen LogP contribution in [0.3, 0.4) is 0 Å². The van der Waals surface area contributed by atoms with Crippen molar-refractivity contribution in [3.63, 3.8) is 0 Å². The van der Waals surface area contributed by atoms with Crippen LogP contribution in [-0.4, -0.2) is 0 Å². The molecule has 0 aliphatic heterocycles. The molecule has 0 heterocycles. The van der Waals surface area contributed by atoms with Crippen LogP contribution in [0.2, 0.25) is 0 Å². The van der Waals surface area contributed by atoms with Crippen molar-refractivity contribution in [1.29, 1.82) is 0 Å². The summed E-state index contributed by atoms with van der Waals surface area (Å²) in [5.74, 6) is -14.8. The summed E-state index contributed by atoms with van der Waals surface area (Å²) in [5.41, 5.74) is 0.639. The second-order valence-electron chi connectivity index (χ2n) is 7.29. The van der Waals surface area contributed by atoms with Gasteiger partial charge in [0.15, 0.2) is 34.8 Å². The first-order valence-electron chi connectivity index (χ1n) is 9.49. The molecule has 0 bridgehead atoms. The van der Waals surface area contributed by atoms with Gasteiger partial charge in [-0.2, -0.15) is 39.5 Å². The van der Waals surface area contributed by atoms with E-state index in [0.29, 0.717) is 6.07 Å². The summed E-state index contributed by atoms with van der Waals surface area (Å²) in [6, 6.07) is 1.06. The molecular weight excluding hydrogens is 559 g/mol. The third-order valence-corrected chi connectivity index (χ3v) is 4.66. The fourth-order valence-electron chi connectivity index (χ4n) is 3.04. The van der Waals surface area contributed by atoms with Gasteiger partial charge >= 0.3 is 18.5 Å². The lowest BCUT2D eigenvalue weighted by molar-refractivity contribution is -0.143. The molecule has 0 aliphatic carbocycles. The van der Waals surface area contributed by atoms with Crippen LogP contribution in [0.15, 0.2) is 30.3 Å². The number of nitrogen functional groups attached to an aromatic ring is 2. The van der Waals surface area contributed by atoms with Crippen LogP contribution < -0.4 is 20.9 Å². The topological polar surface area (TPSA) is 70.5 Å². The number of rotatable bonds is 4. The van der Waals surface area contributed by atoms with E-state index in [4.69, 9.17) is 16.2 Å². The average Bonchev–Trinajstić information content (AvgIpc) is 2.73. The zero-order valence-corrected chi connectivity index (χ0v) is 17.8. The summed E-state index contributed by atoms with van der Waals surface area (Å²) in [6.45, 7) is 0. The van der Waals surface area contributed by atoms with Crippen LogP contribution in [-0.2, 0) is 18.5 Å². The van der Waals surface area contributed by atoms with Crippen molar-refractivity contribution >= 4 is 11.4 Å². The Morgan fingerprint density at radius 2 is 0.921 bits per heavy atom. The van der Waals surface area contributed by atoms with Gasteiger partial charge < -0.3 is 20.9 Å². The maximum absolute atomic E-state index is 14.4. The highest BCUT2D eigenvalue weighted by molar-refractivity contribution is 5.55. The van der Waals surface area contributed by atoms with Gasteiger partial charge in [0.25, 0.3) is 0 Å². The minimum absolute atomic E-state index is 0.101. The number of alkyl halides is 9. The minimum atomic E-state index is -5.70. The molecule has 38 heavy (non-hydrogen) atoms. The van der Waals surface area contributed by atoms with Gasteiger partial charge in [0.2, 0.25) is 0 Å². The SMILES string of the molecule is Nc1cc(Oc2ccc(C(F)(F)F)c(Oc3cc(N)c(F)c(C(F)(F)F)c3F)c2)c(F)c(C(F)(F)F)c1F. The normalized spacial score (nSPS) is 12.6. The predicted molar refractivity (Wildman–Crippen MR) is 103 cm³/mol. The molecule has 0 saturated heterocycles. The smallest absolute Gasteiger partial charge is 0.422 e. The Balaban J connectivity index is 2.16. The highest BCUT2D eigenvalue weighted by Gasteiger charge is 2.42. The summed E-state index contributed by atoms with van der Waals surface area (Å²) >= 11 is 0. The van der Waals surface area contributed by atoms with E-state index >= 15 is 0 Å². The molecule has 0 unspecified atom stereocenters. The Morgan fingerprint density at radius 3 is 1.32 bits per heavy atom. The summed E-state index contributed by atoms with van der Waals surface area (Å²) in [4.78, 5) is 0. The van der Waals surface area contributed by atoms with Gasteiger partial charge in [-0.3, -0.25) is 0 Å². The molecule has 4 N–H and O–H groups in total. The molecule has 0 spiro atoms. The summed E-state index contributed by atoms with van der Waals surface area (Å²) in [6.07, 6.45) is -16.6. The molecule has 0 atom stereocenters. The van der Waals surface area contributed by atoms with Crippen LogP contribution in [0.25, 0.3) is 0 Å². The monoisotopic (exact) mass is 568 g/mol. The molecule has 4 nitrogen and oxygen atoms in total. The van der Waals surface area contributed by atoms with Gasteiger partial charge in [-0.15, -0.1) is 0 Å². The highest BCUT2D eigenvalue weighted by Crippen LogP contribution is 2.45. The maximum atomic E-state index is 14.4. The van der Waals surface area contributed by atoms with E-state index in [-0.39, 0.29) is 24.3 Å². The molecule has 3 aromatic carbocycles. The molecule has 206 valence electrons. The van der Waals surface area contributed by atoms with Crippen LogP contribution in [0, 0.1) is 23.3 Å². The zero-order valence-electron chi connectivity index (χ0n) is 17.8. The fraction of sp³-hybridized carbons (Fsp3) is 0.143. The quantitative estimate of drug-likeness (QED) is 0.247. The van der Waals surface area contributed by atoms with Crippen LogP contribution in [0.4, 0.5) is 68.5 Å². The average molecular weight is 568 g/mol. The number of ether oxygens (including phenoxy) is 2. The second kappa shape index (κ2) is 9.36. The Bertz CT molecular complexity index is 1400. The largest absolute Gasteiger partial charge is 0.454 e. The molecule has 0 fully saturated rings. The van der Waals surface area contributed by atoms with Crippen molar-refractivity contribution < 1.29 is 66.5 Å². The van der Waals surface area contributed by atoms with Gasteiger partial charge in [-0.25, -0.2) is 17.6 Å². The summed E-state index contributed by atoms with van der Waals surface area (Å²) in [5, 5.41) is 0. The number of hydrogen-bond acceptors (Lipinski definition) is 4. The van der Waals surface area contributed by atoms with E-state index in [0.717, 1.165) is 0 Å². The number of hydrogen-bond donors (Lipinski definition) is 2. The number of halogens is 13. The Kier molecular flexibility index (Phi) is 7.02. The lowest BCUT2D eigenvalue weighted by Crippen LogP contribution is -2.15. The Hall–Kier alpha value is -4.05. The van der Waals surface area contributed by atoms with E-state index < -0.39 is 92.9 Å². The molecule has 0 radical (unpaired) electrons. The first-order valence-corrected chi connectivity index (χ1v) is 9.49. The summed E-state index contributed by atoms with van der Waals surface area (Å²) < 4.78 is 184. The second-order valence-corrected chi connectivity index (χ2v) is 7.29. The van der Waals surface area contributed by atoms with Gasteiger partial charge in [0.05, 0.1) is 16.9 Å². The third kappa shape index (κ3) is 5.45. The van der Waals surface area contributed by atoms with E-state index in [1.165, 1.54) is 0 Å². The lowest BCUT2D eigenvalue weighted by Gasteiger charge is -2.19. The van der Waals surface area contributed by atoms with Crippen molar-refractivity contribution in [3.8, 4) is 23.0 Å². The van der Waals surface area contributed by atoms with E-state index in [9.17, 15) is 57.1 Å². The van der Waals surface area contributed by atoms with Crippen LogP contribution in [0.5, 0.6) is 23.0 Å². The van der Waals surface area contributed by atoms with Gasteiger partial charge in [0, 0.05) is 18.2 Å². The van der Waals surface area contributed by atoms with Crippen molar-refractivity contribution in [2.24, 2.45) is 0 Å². The molecule has 0 saturated carbocycles. The van der Waals surface area contributed by atoms with Crippen LogP contribution in [0.1, 0.15) is 16.7 Å². The standard InChI is InChI=1S/C21H9F13N2O2/c22-15-8(35)4-11(17(24)13(15)20(29,30)31)37-6-1-2-7(19(26,27)28)10(3-6)38-12-5-9(36)16(23)14(18(12)25)21(32,33)34/h1-5H,35-36H2. The first kappa shape index (κ1) is 28.5. The van der Waals surface area contributed by atoms with E-state index in [1.54, 1.807) is 0 Å². The lowest BCUT2D eigenvalue weighted by atomic mass is 10.1. The fourth-order valence-corrected chi connectivity index (χ4v) is 3.04. The van der Waals surface area contributed by atoms with E-state index in [1.807, 2.05) is 0 Å². The number of benzene rings is 3. The zero-order chi connectivity index (χ0) is 29.0. The van der Waals surface area contributed by atoms with Gasteiger partial charge in [-0.1, -0.05) is 0 Å². The number of anilines is 2. The molecule has 0 amide bonds. The highest BCUT2D eigenvalue weighted by atomic mass is 19.4. The third-order valence-electron chi connectivity index (χ3n) is 4.66. The number of nitrogens with two attached hydrogens (primary N) is 2. The molecule has 0 aromatic heterocycles. The molecule has 3 rings (SSSR count). The van der Waals surface area contributed by atoms with Gasteiger partial charge in [-0.05, 0) is 12.1 Å². The molecule has 0 aliphatic rings. The Morgan fingerprint density at radius 1 is 0.500 bits per heavy atom. The van der Waals surface area contributed by atoms with Crippen molar-refractivity contribution in [3.05, 3.63) is 70.3 Å². The van der Waals surface area contributed by atoms with Crippen molar-refractivity contribution in [1.82, 2.24) is 0 Å². The molecule has 17 heteroatoms. The first-order chi connectivity index (χ1) is 17.2. The van der Waals surface area contributed by atoms with Crippen LogP contribution >= 0.6 is 0 Å². The van der Waals surface area contributed by atoms with Crippen molar-refractivity contribution in [2.45, 2.75) is 18.5 Å². The van der Waals surface area contributed by atoms with Crippen molar-refractivity contribution in [2.75, 3.05) is 11.5 Å². The predicted octanol–water partition coefficient (Wildman–Crippen LogP) is 8.05. The minimum Gasteiger partial charge on any atom is -0.454 e. The molecular formula is C21H9F13N2O2. The summed E-state index contributed by atoms with van der Waals surface area (Å²) in [7, 11) is 0. The Labute approximate surface area is 202 Å².